The number of hydrogen-bond acceptors (Lipinski definition) is 4. The van der Waals surface area contributed by atoms with Crippen LogP contribution in [0.2, 0.25) is 0 Å². The van der Waals surface area contributed by atoms with Gasteiger partial charge in [0.15, 0.2) is 5.82 Å². The Kier molecular flexibility index (Phi) is 3.02. The van der Waals surface area contributed by atoms with E-state index in [2.05, 4.69) is 10.1 Å². The van der Waals surface area contributed by atoms with Gasteiger partial charge in [0.2, 0.25) is 5.89 Å². The van der Waals surface area contributed by atoms with Crippen molar-refractivity contribution in [3.63, 3.8) is 0 Å². The molecule has 1 aliphatic carbocycles. The van der Waals surface area contributed by atoms with Crippen LogP contribution in [0.25, 0.3) is 0 Å². The van der Waals surface area contributed by atoms with Crippen molar-refractivity contribution >= 4 is 0 Å². The summed E-state index contributed by atoms with van der Waals surface area (Å²) in [6.45, 7) is 0. The van der Waals surface area contributed by atoms with Gasteiger partial charge in [-0.2, -0.15) is 4.98 Å². The molecule has 0 saturated heterocycles. The Labute approximate surface area is 108 Å². The highest BCUT2D eigenvalue weighted by Crippen LogP contribution is 2.35. The van der Waals surface area contributed by atoms with Crippen molar-refractivity contribution in [3.8, 4) is 0 Å². The van der Waals surface area contributed by atoms with E-state index in [4.69, 9.17) is 4.52 Å². The molecule has 0 spiro atoms. The quantitative estimate of drug-likeness (QED) is 0.925. The summed E-state index contributed by atoms with van der Waals surface area (Å²) in [5, 5.41) is 13.0. The number of halogens is 2. The lowest BCUT2D eigenvalue weighted by Gasteiger charge is -2.27. The lowest BCUT2D eigenvalue weighted by molar-refractivity contribution is 0.0625. The zero-order valence-corrected chi connectivity index (χ0v) is 10.0. The summed E-state index contributed by atoms with van der Waals surface area (Å²) in [6, 6.07) is 3.40. The van der Waals surface area contributed by atoms with Crippen LogP contribution < -0.4 is 0 Å². The van der Waals surface area contributed by atoms with Crippen molar-refractivity contribution in [1.82, 2.24) is 10.1 Å². The second kappa shape index (κ2) is 4.70. The third kappa shape index (κ3) is 2.49. The summed E-state index contributed by atoms with van der Waals surface area (Å²) in [4.78, 5) is 4.18. The maximum atomic E-state index is 13.5. The number of rotatable bonds is 3. The molecule has 1 aromatic carbocycles. The Bertz CT molecular complexity index is 594. The fraction of sp³-hybridized carbons (Fsp3) is 0.385. The normalized spacial score (nSPS) is 22.3. The SMILES string of the molecule is OC1CC(c2nc(Cc3ccc(F)cc3F)no2)C1. The molecule has 19 heavy (non-hydrogen) atoms. The van der Waals surface area contributed by atoms with Gasteiger partial charge in [-0.3, -0.25) is 0 Å². The third-order valence-electron chi connectivity index (χ3n) is 3.31. The first-order valence-corrected chi connectivity index (χ1v) is 6.06. The minimum atomic E-state index is -0.620. The number of aliphatic hydroxyl groups excluding tert-OH is 1. The van der Waals surface area contributed by atoms with Crippen molar-refractivity contribution in [3.05, 3.63) is 47.1 Å². The Morgan fingerprint density at radius 2 is 2.11 bits per heavy atom. The predicted octanol–water partition coefficient (Wildman–Crippen LogP) is 2.18. The van der Waals surface area contributed by atoms with Crippen molar-refractivity contribution in [1.29, 1.82) is 0 Å². The maximum absolute atomic E-state index is 13.5. The highest BCUT2D eigenvalue weighted by Gasteiger charge is 2.33. The molecule has 0 atom stereocenters. The number of aromatic nitrogens is 2. The molecule has 6 heteroatoms. The van der Waals surface area contributed by atoms with Gasteiger partial charge >= 0.3 is 0 Å². The van der Waals surface area contributed by atoms with Crippen LogP contribution in [-0.2, 0) is 6.42 Å². The van der Waals surface area contributed by atoms with Gasteiger partial charge in [0.25, 0.3) is 0 Å². The molecule has 3 rings (SSSR count). The molecule has 1 aromatic heterocycles. The van der Waals surface area contributed by atoms with Gasteiger partial charge in [0.1, 0.15) is 11.6 Å². The van der Waals surface area contributed by atoms with Crippen LogP contribution in [-0.4, -0.2) is 21.4 Å². The molecule has 4 nitrogen and oxygen atoms in total. The average molecular weight is 266 g/mol. The zero-order valence-electron chi connectivity index (χ0n) is 10.0. The van der Waals surface area contributed by atoms with E-state index in [1.807, 2.05) is 0 Å². The molecule has 1 aliphatic rings. The molecule has 1 heterocycles. The summed E-state index contributed by atoms with van der Waals surface area (Å²) in [7, 11) is 0. The van der Waals surface area contributed by atoms with Crippen molar-refractivity contribution in [2.24, 2.45) is 0 Å². The third-order valence-corrected chi connectivity index (χ3v) is 3.31. The maximum Gasteiger partial charge on any atom is 0.229 e. The lowest BCUT2D eigenvalue weighted by atomic mass is 9.82. The Hall–Kier alpha value is -1.82. The van der Waals surface area contributed by atoms with Crippen LogP contribution in [0.3, 0.4) is 0 Å². The molecule has 1 N–H and O–H groups in total. The van der Waals surface area contributed by atoms with E-state index in [0.29, 0.717) is 30.1 Å². The van der Waals surface area contributed by atoms with Gasteiger partial charge in [-0.05, 0) is 24.5 Å². The predicted molar refractivity (Wildman–Crippen MR) is 61.4 cm³/mol. The van der Waals surface area contributed by atoms with Gasteiger partial charge in [0, 0.05) is 18.4 Å². The van der Waals surface area contributed by atoms with Crippen molar-refractivity contribution in [2.45, 2.75) is 31.3 Å². The van der Waals surface area contributed by atoms with Crippen LogP contribution in [0.1, 0.15) is 36.0 Å². The van der Waals surface area contributed by atoms with Gasteiger partial charge in [-0.25, -0.2) is 8.78 Å². The molecular weight excluding hydrogens is 254 g/mol. The molecule has 0 bridgehead atoms. The van der Waals surface area contributed by atoms with Crippen LogP contribution in [0.15, 0.2) is 22.7 Å². The first-order chi connectivity index (χ1) is 9.11. The number of benzene rings is 1. The number of hydrogen-bond donors (Lipinski definition) is 1. The molecule has 1 saturated carbocycles. The summed E-state index contributed by atoms with van der Waals surface area (Å²) >= 11 is 0. The van der Waals surface area contributed by atoms with E-state index in [1.165, 1.54) is 12.1 Å². The second-order valence-electron chi connectivity index (χ2n) is 4.78. The van der Waals surface area contributed by atoms with Crippen LogP contribution >= 0.6 is 0 Å². The molecule has 1 fully saturated rings. The number of aliphatic hydroxyl groups is 1. The molecule has 2 aromatic rings. The summed E-state index contributed by atoms with van der Waals surface area (Å²) in [6.07, 6.45) is 1.10. The smallest absolute Gasteiger partial charge is 0.229 e. The molecular formula is C13H12F2N2O2. The Balaban J connectivity index is 1.73. The average Bonchev–Trinajstić information content (AvgIpc) is 2.77. The number of nitrogens with zero attached hydrogens (tertiary/aromatic N) is 2. The van der Waals surface area contributed by atoms with Gasteiger partial charge in [0.05, 0.1) is 6.10 Å². The topological polar surface area (TPSA) is 59.2 Å². The molecule has 0 aliphatic heterocycles. The van der Waals surface area contributed by atoms with E-state index in [0.717, 1.165) is 6.07 Å². The van der Waals surface area contributed by atoms with E-state index >= 15 is 0 Å². The Morgan fingerprint density at radius 3 is 2.79 bits per heavy atom. The summed E-state index contributed by atoms with van der Waals surface area (Å²) in [5.41, 5.74) is 0.322. The fourth-order valence-electron chi connectivity index (χ4n) is 2.13. The highest BCUT2D eigenvalue weighted by atomic mass is 19.1. The zero-order chi connectivity index (χ0) is 13.4. The standard InChI is InChI=1S/C13H12F2N2O2/c14-9-2-1-7(11(15)6-9)5-12-16-13(19-17-12)8-3-10(18)4-8/h1-2,6,8,10,18H,3-5H2. The van der Waals surface area contributed by atoms with E-state index in [-0.39, 0.29) is 18.4 Å². The minimum absolute atomic E-state index is 0.0920. The van der Waals surface area contributed by atoms with Crippen LogP contribution in [0.4, 0.5) is 8.78 Å². The fourth-order valence-corrected chi connectivity index (χ4v) is 2.13. The van der Waals surface area contributed by atoms with Gasteiger partial charge in [-0.15, -0.1) is 0 Å². The second-order valence-corrected chi connectivity index (χ2v) is 4.78. The van der Waals surface area contributed by atoms with E-state index in [1.54, 1.807) is 0 Å². The van der Waals surface area contributed by atoms with Crippen LogP contribution in [0, 0.1) is 11.6 Å². The summed E-state index contributed by atoms with van der Waals surface area (Å²) < 4.78 is 31.3. The molecule has 0 radical (unpaired) electrons. The minimum Gasteiger partial charge on any atom is -0.393 e. The van der Waals surface area contributed by atoms with Crippen molar-refractivity contribution in [2.75, 3.05) is 0 Å². The Morgan fingerprint density at radius 1 is 1.32 bits per heavy atom. The molecule has 0 amide bonds. The van der Waals surface area contributed by atoms with Crippen LogP contribution in [0.5, 0.6) is 0 Å². The van der Waals surface area contributed by atoms with E-state index in [9.17, 15) is 13.9 Å². The largest absolute Gasteiger partial charge is 0.393 e. The van der Waals surface area contributed by atoms with Gasteiger partial charge < -0.3 is 9.63 Å². The lowest BCUT2D eigenvalue weighted by Crippen LogP contribution is -2.26. The van der Waals surface area contributed by atoms with E-state index < -0.39 is 11.6 Å². The molecule has 0 unspecified atom stereocenters. The van der Waals surface area contributed by atoms with Gasteiger partial charge in [-0.1, -0.05) is 11.2 Å². The first kappa shape index (κ1) is 12.2. The highest BCUT2D eigenvalue weighted by molar-refractivity contribution is 5.21. The monoisotopic (exact) mass is 266 g/mol. The summed E-state index contributed by atoms with van der Waals surface area (Å²) in [5.74, 6) is -0.303. The molecule has 100 valence electrons. The van der Waals surface area contributed by atoms with Crippen molar-refractivity contribution < 1.29 is 18.4 Å². The first-order valence-electron chi connectivity index (χ1n) is 6.06.